The van der Waals surface area contributed by atoms with Crippen LogP contribution in [0.1, 0.15) is 37.3 Å². The number of amides is 2. The van der Waals surface area contributed by atoms with E-state index >= 15 is 0 Å². The second-order valence-electron chi connectivity index (χ2n) is 8.77. The Bertz CT molecular complexity index is 1060. The van der Waals surface area contributed by atoms with Crippen LogP contribution >= 0.6 is 0 Å². The van der Waals surface area contributed by atoms with Crippen LogP contribution < -0.4 is 21.1 Å². The van der Waals surface area contributed by atoms with Gasteiger partial charge in [-0.3, -0.25) is 14.4 Å². The summed E-state index contributed by atoms with van der Waals surface area (Å²) in [5.74, 6) is -0.210. The van der Waals surface area contributed by atoms with Crippen molar-refractivity contribution in [3.63, 3.8) is 0 Å². The fraction of sp³-hybridized carbons (Fsp3) is 0.458. The zero-order chi connectivity index (χ0) is 22.8. The smallest absolute Gasteiger partial charge is 0.251 e. The maximum Gasteiger partial charge on any atom is 0.251 e. The lowest BCUT2D eigenvalue weighted by Crippen LogP contribution is -2.52. The Morgan fingerprint density at radius 2 is 1.94 bits per heavy atom. The van der Waals surface area contributed by atoms with Crippen molar-refractivity contribution in [1.82, 2.24) is 15.2 Å². The lowest BCUT2D eigenvalue weighted by molar-refractivity contribution is -0.128. The number of hydrogen-bond acceptors (Lipinski definition) is 4. The Hall–Kier alpha value is -3.00. The number of rotatable bonds is 8. The predicted molar refractivity (Wildman–Crippen MR) is 120 cm³/mol. The Kier molecular flexibility index (Phi) is 6.41. The van der Waals surface area contributed by atoms with E-state index in [1.54, 1.807) is 43.3 Å². The molecule has 4 rings (SSSR count). The second-order valence-corrected chi connectivity index (χ2v) is 8.77. The molecule has 1 saturated carbocycles. The van der Waals surface area contributed by atoms with Gasteiger partial charge in [-0.25, -0.2) is 4.39 Å². The third-order valence-electron chi connectivity index (χ3n) is 6.32. The van der Waals surface area contributed by atoms with Crippen LogP contribution in [0.25, 0.3) is 0 Å². The Morgan fingerprint density at radius 1 is 1.22 bits per heavy atom. The molecule has 1 aromatic carbocycles. The molecule has 0 saturated heterocycles. The van der Waals surface area contributed by atoms with Gasteiger partial charge >= 0.3 is 0 Å². The molecule has 32 heavy (non-hydrogen) atoms. The summed E-state index contributed by atoms with van der Waals surface area (Å²) in [7, 11) is 1.71. The molecule has 0 radical (unpaired) electrons. The van der Waals surface area contributed by atoms with Gasteiger partial charge in [-0.2, -0.15) is 0 Å². The lowest BCUT2D eigenvalue weighted by atomic mass is 10.1. The number of carbonyl (C=O) groups excluding carboxylic acids is 2. The van der Waals surface area contributed by atoms with Gasteiger partial charge in [0.05, 0.1) is 18.3 Å². The lowest BCUT2D eigenvalue weighted by Gasteiger charge is -2.26. The van der Waals surface area contributed by atoms with Crippen molar-refractivity contribution in [3.8, 4) is 0 Å². The van der Waals surface area contributed by atoms with Crippen LogP contribution in [0.3, 0.4) is 0 Å². The molecule has 1 fully saturated rings. The number of pyridine rings is 1. The molecule has 0 spiro atoms. The summed E-state index contributed by atoms with van der Waals surface area (Å²) >= 11 is 0. The predicted octanol–water partition coefficient (Wildman–Crippen LogP) is 1.82. The molecule has 1 aliphatic heterocycles. The molecule has 2 heterocycles. The van der Waals surface area contributed by atoms with E-state index in [2.05, 4.69) is 10.6 Å². The molecule has 2 aliphatic rings. The maximum atomic E-state index is 13.5. The first-order valence-electron chi connectivity index (χ1n) is 11.1. The molecule has 2 atom stereocenters. The first-order chi connectivity index (χ1) is 15.4. The van der Waals surface area contributed by atoms with Crippen molar-refractivity contribution in [2.45, 2.75) is 51.2 Å². The molecule has 8 heteroatoms. The van der Waals surface area contributed by atoms with Crippen LogP contribution in [0.2, 0.25) is 0 Å². The quantitative estimate of drug-likeness (QED) is 0.656. The molecule has 1 aliphatic carbocycles. The normalized spacial score (nSPS) is 17.0. The molecule has 2 N–H and O–H groups in total. The number of hydrogen-bond donors (Lipinski definition) is 2. The number of nitrogens with one attached hydrogen (secondary N) is 2. The van der Waals surface area contributed by atoms with E-state index in [0.717, 1.165) is 24.0 Å². The highest BCUT2D eigenvalue weighted by molar-refractivity contribution is 6.01. The summed E-state index contributed by atoms with van der Waals surface area (Å²) in [5.41, 5.74) is 2.17. The highest BCUT2D eigenvalue weighted by Gasteiger charge is 2.36. The van der Waals surface area contributed by atoms with Crippen LogP contribution in [0.4, 0.5) is 10.1 Å². The number of likely N-dealkylation sites (N-methyl/N-ethyl adjacent to an activating group) is 1. The second kappa shape index (κ2) is 9.24. The number of aromatic nitrogens is 1. The van der Waals surface area contributed by atoms with Crippen molar-refractivity contribution in [2.24, 2.45) is 5.92 Å². The van der Waals surface area contributed by atoms with E-state index in [0.29, 0.717) is 31.0 Å². The van der Waals surface area contributed by atoms with Crippen LogP contribution in [-0.4, -0.2) is 42.1 Å². The minimum absolute atomic E-state index is 0.140. The summed E-state index contributed by atoms with van der Waals surface area (Å²) in [6, 6.07) is 6.60. The van der Waals surface area contributed by atoms with Crippen molar-refractivity contribution < 1.29 is 14.0 Å². The van der Waals surface area contributed by atoms with Crippen LogP contribution in [0.15, 0.2) is 41.3 Å². The largest absolute Gasteiger partial charge is 0.343 e. The summed E-state index contributed by atoms with van der Waals surface area (Å²) in [4.78, 5) is 40.2. The van der Waals surface area contributed by atoms with Gasteiger partial charge in [-0.1, -0.05) is 25.0 Å². The van der Waals surface area contributed by atoms with Crippen LogP contribution in [0.5, 0.6) is 0 Å². The van der Waals surface area contributed by atoms with Gasteiger partial charge in [-0.05, 0) is 56.0 Å². The highest BCUT2D eigenvalue weighted by Crippen LogP contribution is 2.35. The number of nitrogens with zero attached hydrogens (tertiary/aromatic N) is 2. The zero-order valence-electron chi connectivity index (χ0n) is 18.4. The first-order valence-corrected chi connectivity index (χ1v) is 11.1. The molecular formula is C24H29FN4O3. The first kappa shape index (κ1) is 22.2. The van der Waals surface area contributed by atoms with Gasteiger partial charge in [0.15, 0.2) is 0 Å². The minimum atomic E-state index is -0.589. The fourth-order valence-corrected chi connectivity index (χ4v) is 4.06. The molecule has 2 amide bonds. The summed E-state index contributed by atoms with van der Waals surface area (Å²) < 4.78 is 14.7. The highest BCUT2D eigenvalue weighted by atomic mass is 19.1. The molecule has 2 aromatic rings. The number of fused-ring (bicyclic) bond motifs is 1. The fourth-order valence-electron chi connectivity index (χ4n) is 4.06. The van der Waals surface area contributed by atoms with E-state index < -0.39 is 12.1 Å². The zero-order valence-corrected chi connectivity index (χ0v) is 18.4. The van der Waals surface area contributed by atoms with E-state index in [1.165, 1.54) is 16.7 Å². The Morgan fingerprint density at radius 3 is 2.59 bits per heavy atom. The Balaban J connectivity index is 1.57. The maximum absolute atomic E-state index is 13.5. The van der Waals surface area contributed by atoms with Gasteiger partial charge in [-0.15, -0.1) is 0 Å². The number of anilines is 1. The third kappa shape index (κ3) is 4.91. The molecule has 170 valence electrons. The average molecular weight is 441 g/mol. The summed E-state index contributed by atoms with van der Waals surface area (Å²) in [5, 5.41) is 5.83. The van der Waals surface area contributed by atoms with Crippen molar-refractivity contribution >= 4 is 17.5 Å². The molecule has 0 unspecified atom stereocenters. The Labute approximate surface area is 186 Å². The number of carbonyl (C=O) groups is 2. The molecule has 0 bridgehead atoms. The SMILES string of the molecule is CN[C@@H](C)C(=O)N[C@@H](CC1CC1)C(=O)N1CCc2cc(=O)n(Cc3ccc(F)cc3)cc21. The molecule has 7 nitrogen and oxygen atoms in total. The van der Waals surface area contributed by atoms with Crippen molar-refractivity contribution in [3.05, 3.63) is 63.8 Å². The van der Waals surface area contributed by atoms with E-state index in [-0.39, 0.29) is 29.7 Å². The standard InChI is InChI=1S/C24H29FN4O3/c1-15(26-2)23(31)27-20(11-16-3-4-16)24(32)29-10-9-18-12-22(30)28(14-21(18)29)13-17-5-7-19(25)8-6-17/h5-8,12,14-16,20,26H,3-4,9-11,13H2,1-2H3,(H,27,31)/t15-,20-/m0/s1. The molecule has 1 aromatic heterocycles. The van der Waals surface area contributed by atoms with Gasteiger partial charge in [0, 0.05) is 18.8 Å². The molecular weight excluding hydrogens is 411 g/mol. The minimum Gasteiger partial charge on any atom is -0.343 e. The topological polar surface area (TPSA) is 83.4 Å². The average Bonchev–Trinajstić information content (AvgIpc) is 3.51. The summed E-state index contributed by atoms with van der Waals surface area (Å²) in [6.07, 6.45) is 5.09. The van der Waals surface area contributed by atoms with Gasteiger partial charge in [0.25, 0.3) is 5.56 Å². The van der Waals surface area contributed by atoms with Gasteiger partial charge < -0.3 is 20.1 Å². The van der Waals surface area contributed by atoms with Gasteiger partial charge in [0.2, 0.25) is 11.8 Å². The van der Waals surface area contributed by atoms with E-state index in [4.69, 9.17) is 0 Å². The monoisotopic (exact) mass is 440 g/mol. The number of halogens is 1. The van der Waals surface area contributed by atoms with E-state index in [9.17, 15) is 18.8 Å². The van der Waals surface area contributed by atoms with E-state index in [1.807, 2.05) is 0 Å². The van der Waals surface area contributed by atoms with Crippen LogP contribution in [-0.2, 0) is 22.6 Å². The number of benzene rings is 1. The van der Waals surface area contributed by atoms with Crippen molar-refractivity contribution in [1.29, 1.82) is 0 Å². The third-order valence-corrected chi connectivity index (χ3v) is 6.32. The van der Waals surface area contributed by atoms with Crippen LogP contribution in [0, 0.1) is 11.7 Å². The van der Waals surface area contributed by atoms with Gasteiger partial charge in [0.1, 0.15) is 11.9 Å². The summed E-state index contributed by atoms with van der Waals surface area (Å²) in [6.45, 7) is 2.52. The van der Waals surface area contributed by atoms with Crippen molar-refractivity contribution in [2.75, 3.05) is 18.5 Å².